The lowest BCUT2D eigenvalue weighted by molar-refractivity contribution is -0.113. The van der Waals surface area contributed by atoms with Crippen molar-refractivity contribution in [1.29, 1.82) is 0 Å². The number of amides is 2. The molecule has 1 aliphatic rings. The Morgan fingerprint density at radius 1 is 0.969 bits per heavy atom. The first kappa shape index (κ1) is 21.7. The van der Waals surface area contributed by atoms with E-state index in [0.29, 0.717) is 27.6 Å². The maximum Gasteiger partial charge on any atom is 0.343 e. The highest BCUT2D eigenvalue weighted by atomic mass is 35.5. The van der Waals surface area contributed by atoms with Gasteiger partial charge in [0.1, 0.15) is 0 Å². The standard InChI is InChI=1S/C24H16ClNO5S/c1-30-20-13-15(7-12-19(20)31-23(28)16-8-10-17(25)11-9-16)14-21-22(27)26(24(29)32-21)18-5-3-2-4-6-18/h2-14H,1H3. The molecule has 0 N–H and O–H groups in total. The number of hydrogen-bond acceptors (Lipinski definition) is 6. The van der Waals surface area contributed by atoms with Crippen molar-refractivity contribution in [1.82, 2.24) is 0 Å². The molecule has 1 fully saturated rings. The average molecular weight is 466 g/mol. The van der Waals surface area contributed by atoms with Crippen molar-refractivity contribution in [3.63, 3.8) is 0 Å². The normalized spacial score (nSPS) is 14.7. The molecule has 6 nitrogen and oxygen atoms in total. The summed E-state index contributed by atoms with van der Waals surface area (Å²) in [5.41, 5.74) is 1.47. The number of halogens is 1. The highest BCUT2D eigenvalue weighted by molar-refractivity contribution is 8.19. The molecule has 3 aromatic carbocycles. The molecule has 2 amide bonds. The van der Waals surface area contributed by atoms with Crippen LogP contribution in [0.5, 0.6) is 11.5 Å². The zero-order chi connectivity index (χ0) is 22.7. The molecule has 1 saturated heterocycles. The van der Waals surface area contributed by atoms with Gasteiger partial charge in [-0.2, -0.15) is 0 Å². The van der Waals surface area contributed by atoms with Crippen molar-refractivity contribution >= 4 is 52.2 Å². The predicted octanol–water partition coefficient (Wildman–Crippen LogP) is 5.81. The van der Waals surface area contributed by atoms with Crippen molar-refractivity contribution in [2.45, 2.75) is 0 Å². The van der Waals surface area contributed by atoms with Crippen LogP contribution in [0, 0.1) is 0 Å². The largest absolute Gasteiger partial charge is 0.493 e. The Labute approximate surface area is 193 Å². The molecule has 0 bridgehead atoms. The minimum atomic E-state index is -0.559. The molecule has 0 atom stereocenters. The first-order chi connectivity index (χ1) is 15.5. The molecule has 0 aromatic heterocycles. The van der Waals surface area contributed by atoms with Gasteiger partial charge in [0.25, 0.3) is 11.1 Å². The van der Waals surface area contributed by atoms with Crippen LogP contribution in [-0.2, 0) is 4.79 Å². The van der Waals surface area contributed by atoms with Crippen LogP contribution >= 0.6 is 23.4 Å². The van der Waals surface area contributed by atoms with E-state index >= 15 is 0 Å². The van der Waals surface area contributed by atoms with E-state index in [1.165, 1.54) is 7.11 Å². The number of thioether (sulfide) groups is 1. The summed E-state index contributed by atoms with van der Waals surface area (Å²) in [6.45, 7) is 0. The van der Waals surface area contributed by atoms with Gasteiger partial charge >= 0.3 is 5.97 Å². The number of hydrogen-bond donors (Lipinski definition) is 0. The van der Waals surface area contributed by atoms with Gasteiger partial charge < -0.3 is 9.47 Å². The van der Waals surface area contributed by atoms with Gasteiger partial charge in [0, 0.05) is 5.02 Å². The van der Waals surface area contributed by atoms with E-state index in [0.717, 1.165) is 16.7 Å². The zero-order valence-corrected chi connectivity index (χ0v) is 18.4. The highest BCUT2D eigenvalue weighted by Gasteiger charge is 2.36. The summed E-state index contributed by atoms with van der Waals surface area (Å²) in [4.78, 5) is 39.0. The maximum atomic E-state index is 12.8. The molecule has 32 heavy (non-hydrogen) atoms. The van der Waals surface area contributed by atoms with Gasteiger partial charge in [-0.15, -0.1) is 0 Å². The lowest BCUT2D eigenvalue weighted by Crippen LogP contribution is -2.27. The first-order valence-corrected chi connectivity index (χ1v) is 10.6. The molecule has 0 aliphatic carbocycles. The molecule has 8 heteroatoms. The summed E-state index contributed by atoms with van der Waals surface area (Å²) in [5, 5.41) is 0.146. The number of ether oxygens (including phenoxy) is 2. The van der Waals surface area contributed by atoms with Crippen LogP contribution in [0.3, 0.4) is 0 Å². The number of carbonyl (C=O) groups is 3. The lowest BCUT2D eigenvalue weighted by Gasteiger charge is -2.12. The van der Waals surface area contributed by atoms with Crippen LogP contribution < -0.4 is 14.4 Å². The highest BCUT2D eigenvalue weighted by Crippen LogP contribution is 2.37. The summed E-state index contributed by atoms with van der Waals surface area (Å²) in [6.07, 6.45) is 1.60. The van der Waals surface area contributed by atoms with Crippen LogP contribution in [0.25, 0.3) is 6.08 Å². The van der Waals surface area contributed by atoms with Crippen molar-refractivity contribution in [2.24, 2.45) is 0 Å². The smallest absolute Gasteiger partial charge is 0.343 e. The third kappa shape index (κ3) is 4.54. The Morgan fingerprint density at radius 3 is 2.38 bits per heavy atom. The summed E-state index contributed by atoms with van der Waals surface area (Å²) < 4.78 is 10.8. The number of esters is 1. The molecule has 0 saturated carbocycles. The summed E-state index contributed by atoms with van der Waals surface area (Å²) >= 11 is 6.71. The third-order valence-electron chi connectivity index (χ3n) is 4.58. The molecular formula is C24H16ClNO5S. The second-order valence-electron chi connectivity index (χ2n) is 6.66. The van der Waals surface area contributed by atoms with Crippen molar-refractivity contribution < 1.29 is 23.9 Å². The molecule has 0 radical (unpaired) electrons. The number of benzene rings is 3. The van der Waals surface area contributed by atoms with Crippen molar-refractivity contribution in [3.8, 4) is 11.5 Å². The predicted molar refractivity (Wildman–Crippen MR) is 124 cm³/mol. The number of anilines is 1. The van der Waals surface area contributed by atoms with E-state index in [4.69, 9.17) is 21.1 Å². The second kappa shape index (κ2) is 9.30. The molecule has 1 heterocycles. The van der Waals surface area contributed by atoms with E-state index in [1.807, 2.05) is 6.07 Å². The van der Waals surface area contributed by atoms with E-state index in [1.54, 1.807) is 72.8 Å². The fraction of sp³-hybridized carbons (Fsp3) is 0.0417. The quantitative estimate of drug-likeness (QED) is 0.269. The zero-order valence-electron chi connectivity index (χ0n) is 16.8. The summed E-state index contributed by atoms with van der Waals surface area (Å²) in [6, 6.07) is 19.9. The summed E-state index contributed by atoms with van der Waals surface area (Å²) in [7, 11) is 1.45. The fourth-order valence-corrected chi connectivity index (χ4v) is 3.99. The Morgan fingerprint density at radius 2 is 1.69 bits per heavy atom. The Kier molecular flexibility index (Phi) is 6.30. The van der Waals surface area contributed by atoms with Gasteiger partial charge in [-0.1, -0.05) is 35.9 Å². The van der Waals surface area contributed by atoms with Gasteiger partial charge in [0.05, 0.1) is 23.3 Å². The first-order valence-electron chi connectivity index (χ1n) is 9.45. The molecular weight excluding hydrogens is 450 g/mol. The van der Waals surface area contributed by atoms with E-state index in [9.17, 15) is 14.4 Å². The third-order valence-corrected chi connectivity index (χ3v) is 5.70. The van der Waals surface area contributed by atoms with Crippen molar-refractivity contribution in [2.75, 3.05) is 12.0 Å². The van der Waals surface area contributed by atoms with Crippen LogP contribution in [0.15, 0.2) is 77.7 Å². The van der Waals surface area contributed by atoms with E-state index < -0.39 is 11.9 Å². The number of rotatable bonds is 5. The molecule has 1 aliphatic heterocycles. The van der Waals surface area contributed by atoms with Gasteiger partial charge in [-0.3, -0.25) is 9.59 Å². The van der Waals surface area contributed by atoms with Crippen LogP contribution in [-0.4, -0.2) is 24.2 Å². The molecule has 0 spiro atoms. The Balaban J connectivity index is 1.56. The van der Waals surface area contributed by atoms with Gasteiger partial charge in [0.2, 0.25) is 0 Å². The number of carbonyl (C=O) groups excluding carboxylic acids is 3. The van der Waals surface area contributed by atoms with E-state index in [2.05, 4.69) is 0 Å². The molecule has 3 aromatic rings. The van der Waals surface area contributed by atoms with Gasteiger partial charge in [-0.05, 0) is 71.9 Å². The molecule has 4 rings (SSSR count). The minimum absolute atomic E-state index is 0.224. The topological polar surface area (TPSA) is 72.9 Å². The van der Waals surface area contributed by atoms with Crippen LogP contribution in [0.2, 0.25) is 5.02 Å². The van der Waals surface area contributed by atoms with Gasteiger partial charge in [-0.25, -0.2) is 9.69 Å². The lowest BCUT2D eigenvalue weighted by atomic mass is 10.1. The fourth-order valence-electron chi connectivity index (χ4n) is 3.02. The average Bonchev–Trinajstić information content (AvgIpc) is 3.08. The number of para-hydroxylation sites is 1. The SMILES string of the molecule is COc1cc(C=C2SC(=O)N(c3ccccc3)C2=O)ccc1OC(=O)c1ccc(Cl)cc1. The van der Waals surface area contributed by atoms with Crippen LogP contribution in [0.1, 0.15) is 15.9 Å². The monoisotopic (exact) mass is 465 g/mol. The number of methoxy groups -OCH3 is 1. The van der Waals surface area contributed by atoms with E-state index in [-0.39, 0.29) is 15.9 Å². The Hall–Kier alpha value is -3.55. The number of imide groups is 1. The maximum absolute atomic E-state index is 12.8. The molecule has 0 unspecified atom stereocenters. The second-order valence-corrected chi connectivity index (χ2v) is 8.09. The van der Waals surface area contributed by atoms with Crippen molar-refractivity contribution in [3.05, 3.63) is 93.9 Å². The molecule has 160 valence electrons. The Bertz CT molecular complexity index is 1220. The minimum Gasteiger partial charge on any atom is -0.493 e. The van der Waals surface area contributed by atoms with Gasteiger partial charge in [0.15, 0.2) is 11.5 Å². The van der Waals surface area contributed by atoms with Crippen LogP contribution in [0.4, 0.5) is 10.5 Å². The summed E-state index contributed by atoms with van der Waals surface area (Å²) in [5.74, 6) is -0.426. The number of nitrogens with zero attached hydrogens (tertiary/aromatic N) is 1.